The van der Waals surface area contributed by atoms with E-state index in [0.29, 0.717) is 24.2 Å². The van der Waals surface area contributed by atoms with Gasteiger partial charge in [0, 0.05) is 5.56 Å². The van der Waals surface area contributed by atoms with Crippen LogP contribution in [0, 0.1) is 0 Å². The lowest BCUT2D eigenvalue weighted by atomic mass is 10.00. The first-order valence-corrected chi connectivity index (χ1v) is 5.10. The van der Waals surface area contributed by atoms with E-state index in [1.165, 1.54) is 0 Å². The Bertz CT molecular complexity index is 415. The minimum atomic E-state index is 0.451. The molecule has 0 spiro atoms. The van der Waals surface area contributed by atoms with Crippen LogP contribution in [0.5, 0.6) is 5.88 Å². The summed E-state index contributed by atoms with van der Waals surface area (Å²) < 4.78 is 10.6. The molecule has 15 heavy (non-hydrogen) atoms. The van der Waals surface area contributed by atoms with Crippen LogP contribution in [0.1, 0.15) is 18.1 Å². The van der Waals surface area contributed by atoms with Gasteiger partial charge >= 0.3 is 0 Å². The highest BCUT2D eigenvalue weighted by Gasteiger charge is 2.19. The number of allylic oxidation sites excluding steroid dienone is 1. The highest BCUT2D eigenvalue weighted by Crippen LogP contribution is 2.32. The van der Waals surface area contributed by atoms with Crippen molar-refractivity contribution in [1.82, 2.24) is 4.98 Å². The van der Waals surface area contributed by atoms with Gasteiger partial charge < -0.3 is 9.47 Å². The van der Waals surface area contributed by atoms with Gasteiger partial charge in [0.2, 0.25) is 5.88 Å². The summed E-state index contributed by atoms with van der Waals surface area (Å²) in [4.78, 5) is 4.11. The van der Waals surface area contributed by atoms with Gasteiger partial charge in [0.1, 0.15) is 5.15 Å². The highest BCUT2D eigenvalue weighted by molar-refractivity contribution is 6.29. The van der Waals surface area contributed by atoms with Crippen molar-refractivity contribution in [3.8, 4) is 5.88 Å². The van der Waals surface area contributed by atoms with Crippen molar-refractivity contribution >= 4 is 17.2 Å². The number of hydrogen-bond donors (Lipinski definition) is 0. The van der Waals surface area contributed by atoms with Gasteiger partial charge in [-0.15, -0.1) is 0 Å². The molecular formula is C11H12ClNO2. The number of nitrogens with zero attached hydrogens (tertiary/aromatic N) is 1. The molecule has 0 saturated carbocycles. The largest absolute Gasteiger partial charge is 0.481 e. The fraction of sp³-hybridized carbons (Fsp3) is 0.364. The second-order valence-corrected chi connectivity index (χ2v) is 3.67. The third-order valence-electron chi connectivity index (χ3n) is 2.45. The van der Waals surface area contributed by atoms with Crippen molar-refractivity contribution in [3.63, 3.8) is 0 Å². The topological polar surface area (TPSA) is 31.4 Å². The zero-order valence-electron chi connectivity index (χ0n) is 8.71. The quantitative estimate of drug-likeness (QED) is 0.689. The van der Waals surface area contributed by atoms with E-state index in [2.05, 4.69) is 4.98 Å². The molecule has 0 unspecified atom stereocenters. The van der Waals surface area contributed by atoms with Crippen LogP contribution in [0.15, 0.2) is 12.1 Å². The maximum absolute atomic E-state index is 5.92. The monoisotopic (exact) mass is 225 g/mol. The molecule has 4 heteroatoms. The molecule has 1 aromatic heterocycles. The van der Waals surface area contributed by atoms with E-state index in [1.54, 1.807) is 7.11 Å². The maximum Gasteiger partial charge on any atom is 0.220 e. The van der Waals surface area contributed by atoms with Crippen molar-refractivity contribution in [1.29, 1.82) is 0 Å². The maximum atomic E-state index is 5.92. The van der Waals surface area contributed by atoms with Crippen LogP contribution in [0.3, 0.4) is 0 Å². The molecule has 0 N–H and O–H groups in total. The van der Waals surface area contributed by atoms with Gasteiger partial charge in [-0.2, -0.15) is 0 Å². The molecule has 0 atom stereocenters. The molecule has 0 radical (unpaired) electrons. The standard InChI is InChI=1S/C11H12ClNO2/c1-3-7-5-15-6-9-8(7)4-10(12)13-11(9)14-2/h3-4H,5-6H2,1-2H3/b7-3-. The third kappa shape index (κ3) is 1.85. The Hall–Kier alpha value is -1.06. The summed E-state index contributed by atoms with van der Waals surface area (Å²) in [6, 6.07) is 1.86. The van der Waals surface area contributed by atoms with Crippen LogP contribution in [0.2, 0.25) is 5.15 Å². The van der Waals surface area contributed by atoms with Crippen LogP contribution in [-0.4, -0.2) is 18.7 Å². The van der Waals surface area contributed by atoms with Gasteiger partial charge in [-0.25, -0.2) is 4.98 Å². The van der Waals surface area contributed by atoms with Crippen LogP contribution >= 0.6 is 11.6 Å². The zero-order valence-corrected chi connectivity index (χ0v) is 9.47. The molecule has 2 rings (SSSR count). The molecule has 0 fully saturated rings. The third-order valence-corrected chi connectivity index (χ3v) is 2.64. The summed E-state index contributed by atoms with van der Waals surface area (Å²) in [5.74, 6) is 0.552. The van der Waals surface area contributed by atoms with Crippen LogP contribution in [0.25, 0.3) is 5.57 Å². The van der Waals surface area contributed by atoms with Crippen molar-refractivity contribution in [3.05, 3.63) is 28.4 Å². The van der Waals surface area contributed by atoms with Crippen molar-refractivity contribution in [2.24, 2.45) is 0 Å². The number of methoxy groups -OCH3 is 1. The highest BCUT2D eigenvalue weighted by atomic mass is 35.5. The summed E-state index contributed by atoms with van der Waals surface area (Å²) in [5.41, 5.74) is 3.18. The molecule has 0 saturated heterocycles. The first-order chi connectivity index (χ1) is 7.26. The fourth-order valence-electron chi connectivity index (χ4n) is 1.69. The Balaban J connectivity index is 2.61. The average molecular weight is 226 g/mol. The van der Waals surface area contributed by atoms with Gasteiger partial charge in [0.25, 0.3) is 0 Å². The van der Waals surface area contributed by atoms with Gasteiger partial charge in [-0.1, -0.05) is 17.7 Å². The Kier molecular flexibility index (Phi) is 2.93. The van der Waals surface area contributed by atoms with Crippen molar-refractivity contribution in [2.75, 3.05) is 13.7 Å². The second-order valence-electron chi connectivity index (χ2n) is 3.29. The number of halogens is 1. The number of hydrogen-bond acceptors (Lipinski definition) is 3. The van der Waals surface area contributed by atoms with E-state index in [1.807, 2.05) is 19.1 Å². The smallest absolute Gasteiger partial charge is 0.220 e. The minimum Gasteiger partial charge on any atom is -0.481 e. The van der Waals surface area contributed by atoms with Crippen LogP contribution in [-0.2, 0) is 11.3 Å². The fourth-order valence-corrected chi connectivity index (χ4v) is 1.88. The lowest BCUT2D eigenvalue weighted by Gasteiger charge is -2.21. The predicted octanol–water partition coefficient (Wildman–Crippen LogP) is 2.68. The van der Waals surface area contributed by atoms with Gasteiger partial charge in [0.15, 0.2) is 0 Å². The first kappa shape index (κ1) is 10.5. The molecule has 0 aromatic carbocycles. The van der Waals surface area contributed by atoms with Gasteiger partial charge in [-0.3, -0.25) is 0 Å². The molecule has 0 aliphatic carbocycles. The van der Waals surface area contributed by atoms with E-state index < -0.39 is 0 Å². The van der Waals surface area contributed by atoms with Crippen LogP contribution < -0.4 is 4.74 Å². The zero-order chi connectivity index (χ0) is 10.8. The van der Waals surface area contributed by atoms with Crippen molar-refractivity contribution in [2.45, 2.75) is 13.5 Å². The molecule has 1 aliphatic rings. The predicted molar refractivity (Wildman–Crippen MR) is 59.1 cm³/mol. The average Bonchev–Trinajstić information content (AvgIpc) is 2.27. The Morgan fingerprint density at radius 1 is 1.53 bits per heavy atom. The summed E-state index contributed by atoms with van der Waals surface area (Å²) >= 11 is 5.92. The lowest BCUT2D eigenvalue weighted by Crippen LogP contribution is -2.11. The van der Waals surface area contributed by atoms with Crippen LogP contribution in [0.4, 0.5) is 0 Å². The SMILES string of the molecule is C/C=C1/COCc2c1cc(Cl)nc2OC. The molecule has 0 bridgehead atoms. The summed E-state index contributed by atoms with van der Waals surface area (Å²) in [5, 5.41) is 0.451. The minimum absolute atomic E-state index is 0.451. The van der Waals surface area contributed by atoms with E-state index in [9.17, 15) is 0 Å². The summed E-state index contributed by atoms with van der Waals surface area (Å²) in [7, 11) is 1.59. The lowest BCUT2D eigenvalue weighted by molar-refractivity contribution is 0.143. The molecule has 80 valence electrons. The number of fused-ring (bicyclic) bond motifs is 1. The Morgan fingerprint density at radius 2 is 2.33 bits per heavy atom. The summed E-state index contributed by atoms with van der Waals surface area (Å²) in [6.45, 7) is 3.13. The van der Waals surface area contributed by atoms with E-state index in [-0.39, 0.29) is 0 Å². The molecule has 0 amide bonds. The number of ether oxygens (including phenoxy) is 2. The van der Waals surface area contributed by atoms with E-state index in [0.717, 1.165) is 16.7 Å². The molecular weight excluding hydrogens is 214 g/mol. The van der Waals surface area contributed by atoms with E-state index >= 15 is 0 Å². The molecule has 3 nitrogen and oxygen atoms in total. The number of aromatic nitrogens is 1. The molecule has 1 aliphatic heterocycles. The Morgan fingerprint density at radius 3 is 3.00 bits per heavy atom. The van der Waals surface area contributed by atoms with E-state index in [4.69, 9.17) is 21.1 Å². The van der Waals surface area contributed by atoms with Gasteiger partial charge in [-0.05, 0) is 24.1 Å². The molecule has 2 heterocycles. The molecule has 1 aromatic rings. The number of pyridine rings is 1. The Labute approximate surface area is 93.7 Å². The van der Waals surface area contributed by atoms with Gasteiger partial charge in [0.05, 0.1) is 20.3 Å². The first-order valence-electron chi connectivity index (χ1n) is 4.73. The summed E-state index contributed by atoms with van der Waals surface area (Å²) in [6.07, 6.45) is 2.02. The second kappa shape index (κ2) is 4.21. The number of rotatable bonds is 1. The normalized spacial score (nSPS) is 17.7. The van der Waals surface area contributed by atoms with Crippen molar-refractivity contribution < 1.29 is 9.47 Å².